The summed E-state index contributed by atoms with van der Waals surface area (Å²) in [6.07, 6.45) is 0. The lowest BCUT2D eigenvalue weighted by Crippen LogP contribution is -1.98. The molecule has 0 aliphatic heterocycles. The number of hydrogen-bond donors (Lipinski definition) is 0. The molecule has 0 N–H and O–H groups in total. The van der Waals surface area contributed by atoms with E-state index in [1.807, 2.05) is 0 Å². The van der Waals surface area contributed by atoms with Crippen LogP contribution in [0.3, 0.4) is 0 Å². The van der Waals surface area contributed by atoms with Crippen molar-refractivity contribution < 1.29 is 18.9 Å². The number of ether oxygens (including phenoxy) is 4. The summed E-state index contributed by atoms with van der Waals surface area (Å²) >= 11 is 0. The molecule has 1 rings (SSSR count). The second-order valence-electron chi connectivity index (χ2n) is 5.26. The van der Waals surface area contributed by atoms with Crippen molar-refractivity contribution in [3.8, 4) is 0 Å². The molecular formula is C19H38O4. The quantitative estimate of drug-likeness (QED) is 0.758. The van der Waals surface area contributed by atoms with Crippen molar-refractivity contribution in [2.24, 2.45) is 0 Å². The fourth-order valence-corrected chi connectivity index (χ4v) is 1.81. The van der Waals surface area contributed by atoms with E-state index >= 15 is 0 Å². The Morgan fingerprint density at radius 3 is 0.609 bits per heavy atom. The van der Waals surface area contributed by atoms with Gasteiger partial charge >= 0.3 is 0 Å². The molecule has 0 atom stereocenters. The van der Waals surface area contributed by atoms with Gasteiger partial charge in [-0.25, -0.2) is 0 Å². The maximum atomic E-state index is 4.47. The summed E-state index contributed by atoms with van der Waals surface area (Å²) in [5.74, 6) is 0. The first kappa shape index (κ1) is 26.9. The molecule has 138 valence electrons. The van der Waals surface area contributed by atoms with Crippen molar-refractivity contribution >= 4 is 0 Å². The molecule has 23 heavy (non-hydrogen) atoms. The van der Waals surface area contributed by atoms with E-state index in [1.54, 1.807) is 42.7 Å². The van der Waals surface area contributed by atoms with Gasteiger partial charge < -0.3 is 18.9 Å². The fraction of sp³-hybridized carbons (Fsp3) is 0.684. The summed E-state index contributed by atoms with van der Waals surface area (Å²) in [4.78, 5) is 0. The topological polar surface area (TPSA) is 36.9 Å². The van der Waals surface area contributed by atoms with Crippen LogP contribution in [0.25, 0.3) is 0 Å². The molecule has 4 nitrogen and oxygen atoms in total. The van der Waals surface area contributed by atoms with Crippen LogP contribution in [-0.2, 0) is 18.9 Å². The van der Waals surface area contributed by atoms with Gasteiger partial charge in [0.1, 0.15) is 6.79 Å². The zero-order chi connectivity index (χ0) is 19.0. The van der Waals surface area contributed by atoms with Crippen LogP contribution in [0.15, 0.2) is 0 Å². The summed E-state index contributed by atoms with van der Waals surface area (Å²) in [5.41, 5.74) is 8.73. The zero-order valence-corrected chi connectivity index (χ0v) is 17.3. The normalized spacial score (nSPS) is 8.87. The summed E-state index contributed by atoms with van der Waals surface area (Å²) in [6, 6.07) is 0. The molecule has 0 saturated heterocycles. The SMILES string of the molecule is COC.COC.COCOC.Cc1c(C)c(C)c(C)c(C)c1C. The Kier molecular flexibility index (Phi) is 20.4. The highest BCUT2D eigenvalue weighted by Gasteiger charge is 2.07. The van der Waals surface area contributed by atoms with Gasteiger partial charge in [0.25, 0.3) is 0 Å². The highest BCUT2D eigenvalue weighted by molar-refractivity contribution is 5.48. The zero-order valence-electron chi connectivity index (χ0n) is 17.3. The van der Waals surface area contributed by atoms with Crippen LogP contribution in [0.2, 0.25) is 0 Å². The minimum atomic E-state index is 0.389. The maximum absolute atomic E-state index is 4.47. The van der Waals surface area contributed by atoms with E-state index in [-0.39, 0.29) is 0 Å². The monoisotopic (exact) mass is 330 g/mol. The molecular weight excluding hydrogens is 292 g/mol. The predicted octanol–water partition coefficient (Wildman–Crippen LogP) is 4.30. The van der Waals surface area contributed by atoms with Crippen LogP contribution in [-0.4, -0.2) is 49.5 Å². The number of methoxy groups -OCH3 is 4. The molecule has 0 fully saturated rings. The van der Waals surface area contributed by atoms with Gasteiger partial charge in [0.05, 0.1) is 0 Å². The van der Waals surface area contributed by atoms with Gasteiger partial charge in [-0.05, 0) is 74.9 Å². The lowest BCUT2D eigenvalue weighted by molar-refractivity contribution is -0.00271. The smallest absolute Gasteiger partial charge is 0.145 e. The van der Waals surface area contributed by atoms with Gasteiger partial charge in [-0.3, -0.25) is 0 Å². The van der Waals surface area contributed by atoms with E-state index in [4.69, 9.17) is 0 Å². The Bertz CT molecular complexity index is 292. The average molecular weight is 331 g/mol. The van der Waals surface area contributed by atoms with Gasteiger partial charge in [0.15, 0.2) is 0 Å². The van der Waals surface area contributed by atoms with Gasteiger partial charge in [-0.1, -0.05) is 0 Å². The standard InChI is InChI=1S/C12H18.C3H8O2.2C2H6O/c1-7-8(2)10(4)12(6)11(5)9(7)3;1-4-3-5-2;2*1-3-2/h1-6H3;3H2,1-2H3;2*1-2H3. The summed E-state index contributed by atoms with van der Waals surface area (Å²) in [5, 5.41) is 0. The van der Waals surface area contributed by atoms with Crippen LogP contribution in [0.1, 0.15) is 33.4 Å². The van der Waals surface area contributed by atoms with E-state index < -0.39 is 0 Å². The fourth-order valence-electron chi connectivity index (χ4n) is 1.81. The first-order valence-electron chi connectivity index (χ1n) is 7.53. The van der Waals surface area contributed by atoms with Crippen LogP contribution in [0.5, 0.6) is 0 Å². The highest BCUT2D eigenvalue weighted by atomic mass is 16.6. The van der Waals surface area contributed by atoms with Crippen molar-refractivity contribution in [3.05, 3.63) is 33.4 Å². The van der Waals surface area contributed by atoms with Crippen molar-refractivity contribution in [1.82, 2.24) is 0 Å². The molecule has 0 aliphatic rings. The van der Waals surface area contributed by atoms with Crippen LogP contribution < -0.4 is 0 Å². The number of hydrogen-bond acceptors (Lipinski definition) is 4. The van der Waals surface area contributed by atoms with E-state index in [2.05, 4.69) is 60.5 Å². The van der Waals surface area contributed by atoms with Gasteiger partial charge in [-0.15, -0.1) is 0 Å². The molecule has 1 aromatic rings. The Morgan fingerprint density at radius 2 is 0.565 bits per heavy atom. The third-order valence-electron chi connectivity index (χ3n) is 3.61. The number of rotatable bonds is 2. The maximum Gasteiger partial charge on any atom is 0.145 e. The minimum absolute atomic E-state index is 0.389. The van der Waals surface area contributed by atoms with Gasteiger partial charge in [-0.2, -0.15) is 0 Å². The third kappa shape index (κ3) is 12.2. The lowest BCUT2D eigenvalue weighted by atomic mass is 9.90. The molecule has 0 heterocycles. The van der Waals surface area contributed by atoms with Gasteiger partial charge in [0, 0.05) is 42.7 Å². The Labute approximate surface area is 144 Å². The van der Waals surface area contributed by atoms with E-state index in [0.29, 0.717) is 6.79 Å². The molecule has 0 aromatic heterocycles. The second-order valence-corrected chi connectivity index (χ2v) is 5.26. The summed E-state index contributed by atoms with van der Waals surface area (Å²) in [6.45, 7) is 13.7. The molecule has 0 saturated carbocycles. The summed E-state index contributed by atoms with van der Waals surface area (Å²) < 4.78 is 17.4. The van der Waals surface area contributed by atoms with Crippen LogP contribution in [0.4, 0.5) is 0 Å². The Morgan fingerprint density at radius 1 is 0.435 bits per heavy atom. The van der Waals surface area contributed by atoms with Crippen molar-refractivity contribution in [2.45, 2.75) is 41.5 Å². The molecule has 0 spiro atoms. The highest BCUT2D eigenvalue weighted by Crippen LogP contribution is 2.24. The average Bonchev–Trinajstić information content (AvgIpc) is 2.52. The van der Waals surface area contributed by atoms with Gasteiger partial charge in [0.2, 0.25) is 0 Å². The Balaban J connectivity index is -0.000000303. The first-order valence-corrected chi connectivity index (χ1v) is 7.53. The molecule has 0 bridgehead atoms. The largest absolute Gasteiger partial charge is 0.388 e. The molecule has 0 unspecified atom stereocenters. The van der Waals surface area contributed by atoms with Crippen LogP contribution in [0, 0.1) is 41.5 Å². The second kappa shape index (κ2) is 17.4. The molecule has 0 radical (unpaired) electrons. The molecule has 0 amide bonds. The summed E-state index contributed by atoms with van der Waals surface area (Å²) in [7, 11) is 9.67. The molecule has 1 aromatic carbocycles. The third-order valence-corrected chi connectivity index (χ3v) is 3.61. The Hall–Kier alpha value is -0.940. The van der Waals surface area contributed by atoms with E-state index in [0.717, 1.165) is 0 Å². The first-order chi connectivity index (χ1) is 10.7. The lowest BCUT2D eigenvalue weighted by Gasteiger charge is -2.15. The van der Waals surface area contributed by atoms with Crippen LogP contribution >= 0.6 is 0 Å². The predicted molar refractivity (Wildman–Crippen MR) is 99.6 cm³/mol. The van der Waals surface area contributed by atoms with Crippen molar-refractivity contribution in [3.63, 3.8) is 0 Å². The van der Waals surface area contributed by atoms with E-state index in [1.165, 1.54) is 33.4 Å². The molecule has 4 heteroatoms. The van der Waals surface area contributed by atoms with E-state index in [9.17, 15) is 0 Å². The minimum Gasteiger partial charge on any atom is -0.388 e. The van der Waals surface area contributed by atoms with Crippen molar-refractivity contribution in [2.75, 3.05) is 49.5 Å². The van der Waals surface area contributed by atoms with Crippen molar-refractivity contribution in [1.29, 1.82) is 0 Å². The molecule has 0 aliphatic carbocycles. The number of benzene rings is 1.